The van der Waals surface area contributed by atoms with Crippen LogP contribution in [0.25, 0.3) is 0 Å². The van der Waals surface area contributed by atoms with Gasteiger partial charge in [0.1, 0.15) is 0 Å². The molecule has 2 aliphatic carbocycles. The molecule has 0 radical (unpaired) electrons. The maximum Gasteiger partial charge on any atom is 0.230 e. The van der Waals surface area contributed by atoms with Crippen LogP contribution >= 0.6 is 35.3 Å². The first-order valence-electron chi connectivity index (χ1n) is 7.28. The molecule has 1 heterocycles. The van der Waals surface area contributed by atoms with Gasteiger partial charge >= 0.3 is 0 Å². The van der Waals surface area contributed by atoms with Gasteiger partial charge in [-0.25, -0.2) is 0 Å². The molecule has 0 spiro atoms. The molecule has 22 heavy (non-hydrogen) atoms. The Hall–Kier alpha value is -1.18. The maximum absolute atomic E-state index is 12.1. The first-order chi connectivity index (χ1) is 10.7. The number of aromatic amines is 1. The molecule has 114 valence electrons. The van der Waals surface area contributed by atoms with Gasteiger partial charge in [0.25, 0.3) is 0 Å². The zero-order chi connectivity index (χ0) is 15.1. The van der Waals surface area contributed by atoms with E-state index in [9.17, 15) is 4.79 Å². The Morgan fingerprint density at radius 3 is 3.18 bits per heavy atom. The number of rotatable bonds is 4. The Morgan fingerprint density at radius 1 is 1.50 bits per heavy atom. The van der Waals surface area contributed by atoms with Gasteiger partial charge in [-0.15, -0.1) is 0 Å². The number of carbonyl (C=O) groups is 1. The summed E-state index contributed by atoms with van der Waals surface area (Å²) in [6.07, 6.45) is 2.32. The van der Waals surface area contributed by atoms with E-state index in [1.54, 1.807) is 0 Å². The monoisotopic (exact) mass is 349 g/mol. The third-order valence-electron chi connectivity index (χ3n) is 4.40. The van der Waals surface area contributed by atoms with Crippen molar-refractivity contribution in [3.63, 3.8) is 0 Å². The van der Waals surface area contributed by atoms with Gasteiger partial charge in [-0.2, -0.15) is 5.10 Å². The van der Waals surface area contributed by atoms with Crippen molar-refractivity contribution in [1.82, 2.24) is 15.5 Å². The minimum absolute atomic E-state index is 0.0861. The van der Waals surface area contributed by atoms with Crippen molar-refractivity contribution in [2.75, 3.05) is 5.75 Å². The van der Waals surface area contributed by atoms with Crippen LogP contribution in [0.15, 0.2) is 28.6 Å². The summed E-state index contributed by atoms with van der Waals surface area (Å²) in [7, 11) is 0. The van der Waals surface area contributed by atoms with Crippen molar-refractivity contribution in [2.45, 2.75) is 29.1 Å². The van der Waals surface area contributed by atoms with Gasteiger partial charge < -0.3 is 5.32 Å². The number of benzene rings is 1. The molecule has 2 aromatic rings. The molecule has 1 saturated carbocycles. The number of aromatic nitrogens is 2. The van der Waals surface area contributed by atoms with E-state index in [0.29, 0.717) is 27.6 Å². The van der Waals surface area contributed by atoms with Gasteiger partial charge in [0.15, 0.2) is 8.29 Å². The maximum atomic E-state index is 12.1. The smallest absolute Gasteiger partial charge is 0.230 e. The Morgan fingerprint density at radius 2 is 2.36 bits per heavy atom. The molecule has 4 rings (SSSR count). The lowest BCUT2D eigenvalue weighted by Crippen LogP contribution is -2.29. The molecular formula is C15H15N3OS3. The number of fused-ring (bicyclic) bond motifs is 3. The Labute approximate surface area is 141 Å². The number of aryl methyl sites for hydroxylation is 1. The summed E-state index contributed by atoms with van der Waals surface area (Å²) in [5, 5.41) is 9.98. The van der Waals surface area contributed by atoms with E-state index >= 15 is 0 Å². The summed E-state index contributed by atoms with van der Waals surface area (Å²) in [5.41, 5.74) is 2.88. The van der Waals surface area contributed by atoms with Crippen molar-refractivity contribution < 1.29 is 4.79 Å². The Bertz CT molecular complexity index is 769. The molecule has 1 amide bonds. The summed E-state index contributed by atoms with van der Waals surface area (Å²) in [6.45, 7) is 0. The fourth-order valence-electron chi connectivity index (χ4n) is 3.40. The molecule has 7 heteroatoms. The van der Waals surface area contributed by atoms with Gasteiger partial charge in [0.2, 0.25) is 5.91 Å². The predicted octanol–water partition coefficient (Wildman–Crippen LogP) is 3.14. The van der Waals surface area contributed by atoms with Crippen molar-refractivity contribution in [3.05, 3.63) is 39.3 Å². The molecule has 1 aromatic carbocycles. The van der Waals surface area contributed by atoms with Crippen LogP contribution in [-0.4, -0.2) is 27.9 Å². The minimum atomic E-state index is 0.0861. The molecule has 3 atom stereocenters. The lowest BCUT2D eigenvalue weighted by molar-refractivity contribution is -0.118. The number of hydrogen-bond acceptors (Lipinski definition) is 5. The first-order valence-corrected chi connectivity index (χ1v) is 9.49. The van der Waals surface area contributed by atoms with E-state index < -0.39 is 0 Å². The molecule has 0 aliphatic heterocycles. The lowest BCUT2D eigenvalue weighted by Gasteiger charge is -2.13. The molecule has 4 nitrogen and oxygen atoms in total. The molecule has 0 bridgehead atoms. The second-order valence-electron chi connectivity index (χ2n) is 5.69. The fourth-order valence-corrected chi connectivity index (χ4v) is 5.29. The van der Waals surface area contributed by atoms with Gasteiger partial charge in [-0.1, -0.05) is 47.4 Å². The van der Waals surface area contributed by atoms with Gasteiger partial charge in [0, 0.05) is 12.0 Å². The van der Waals surface area contributed by atoms with E-state index in [4.69, 9.17) is 12.2 Å². The van der Waals surface area contributed by atoms with Crippen LogP contribution in [0, 0.1) is 9.87 Å². The topological polar surface area (TPSA) is 57.8 Å². The second-order valence-corrected chi connectivity index (χ2v) is 8.58. The largest absolute Gasteiger partial charge is 0.352 e. The van der Waals surface area contributed by atoms with Crippen molar-refractivity contribution in [2.24, 2.45) is 5.92 Å². The number of thioether (sulfide) groups is 1. The highest BCUT2D eigenvalue weighted by Gasteiger charge is 2.53. The quantitative estimate of drug-likeness (QED) is 0.658. The highest BCUT2D eigenvalue weighted by atomic mass is 32.2. The van der Waals surface area contributed by atoms with Crippen LogP contribution in [0.4, 0.5) is 0 Å². The summed E-state index contributed by atoms with van der Waals surface area (Å²) < 4.78 is 1.46. The number of hydrogen-bond donors (Lipinski definition) is 2. The van der Waals surface area contributed by atoms with E-state index in [1.165, 1.54) is 40.6 Å². The third-order valence-corrected chi connectivity index (χ3v) is 6.63. The predicted molar refractivity (Wildman–Crippen MR) is 90.9 cm³/mol. The zero-order valence-electron chi connectivity index (χ0n) is 11.7. The van der Waals surface area contributed by atoms with E-state index in [1.807, 2.05) is 0 Å². The number of carbonyl (C=O) groups excluding carboxylic acids is 1. The molecule has 2 aliphatic rings. The van der Waals surface area contributed by atoms with Gasteiger partial charge in [0.05, 0.1) is 5.75 Å². The van der Waals surface area contributed by atoms with E-state index in [0.717, 1.165) is 10.8 Å². The van der Waals surface area contributed by atoms with Crippen molar-refractivity contribution >= 4 is 41.2 Å². The average molecular weight is 350 g/mol. The van der Waals surface area contributed by atoms with Crippen LogP contribution in [-0.2, 0) is 11.2 Å². The molecule has 0 saturated heterocycles. The summed E-state index contributed by atoms with van der Waals surface area (Å²) in [4.78, 5) is 12.1. The fraction of sp³-hybridized carbons (Fsp3) is 0.400. The van der Waals surface area contributed by atoms with Crippen molar-refractivity contribution in [1.29, 1.82) is 0 Å². The molecule has 0 unspecified atom stereocenters. The van der Waals surface area contributed by atoms with Crippen LogP contribution < -0.4 is 5.32 Å². The number of nitrogens with one attached hydrogen (secondary N) is 2. The summed E-state index contributed by atoms with van der Waals surface area (Å²) in [6, 6.07) is 8.94. The summed E-state index contributed by atoms with van der Waals surface area (Å²) >= 11 is 7.83. The number of H-pyrrole nitrogens is 1. The first kappa shape index (κ1) is 14.4. The van der Waals surface area contributed by atoms with Crippen LogP contribution in [0.3, 0.4) is 0 Å². The zero-order valence-corrected chi connectivity index (χ0v) is 14.2. The van der Waals surface area contributed by atoms with Crippen LogP contribution in [0.5, 0.6) is 0 Å². The average Bonchev–Trinajstić information content (AvgIpc) is 3.06. The molecule has 2 N–H and O–H groups in total. The third kappa shape index (κ3) is 2.73. The number of nitrogens with zero attached hydrogens (tertiary/aromatic N) is 1. The Kier molecular flexibility index (Phi) is 3.79. The highest BCUT2D eigenvalue weighted by Crippen LogP contribution is 2.54. The second kappa shape index (κ2) is 5.79. The lowest BCUT2D eigenvalue weighted by atomic mass is 9.92. The normalized spacial score (nSPS) is 25.2. The standard InChI is InChI=1S/C15H15N3OS3/c19-11(7-21-15-18-17-14(20)22-15)16-13-10-6-5-8-3-1-2-4-9(8)12(10)13/h1-4,10,12-13H,5-7H2,(H,16,19)(H,17,20)/t10-,12-,13-/m1/s1. The minimum Gasteiger partial charge on any atom is -0.352 e. The Balaban J connectivity index is 1.35. The summed E-state index contributed by atoms with van der Waals surface area (Å²) in [5.74, 6) is 1.62. The van der Waals surface area contributed by atoms with Crippen molar-refractivity contribution in [3.8, 4) is 0 Å². The van der Waals surface area contributed by atoms with E-state index in [2.05, 4.69) is 39.8 Å². The molecule has 1 fully saturated rings. The van der Waals surface area contributed by atoms with Crippen LogP contribution in [0.2, 0.25) is 0 Å². The SMILES string of the molecule is O=C(CSc1n[nH]c(=S)s1)N[C@@H]1[C@@H]2CCc3ccccc3[C@H]21. The molecule has 1 aromatic heterocycles. The number of amides is 1. The molecular weight excluding hydrogens is 334 g/mol. The van der Waals surface area contributed by atoms with E-state index in [-0.39, 0.29) is 5.91 Å². The highest BCUT2D eigenvalue weighted by molar-refractivity contribution is 8.01. The van der Waals surface area contributed by atoms with Gasteiger partial charge in [-0.05, 0) is 42.1 Å². The van der Waals surface area contributed by atoms with Crippen LogP contribution in [0.1, 0.15) is 23.5 Å². The van der Waals surface area contributed by atoms with Gasteiger partial charge in [-0.3, -0.25) is 9.89 Å².